The first-order valence-electron chi connectivity index (χ1n) is 8.29. The lowest BCUT2D eigenvalue weighted by molar-refractivity contribution is 0.0847. The summed E-state index contributed by atoms with van der Waals surface area (Å²) in [6.07, 6.45) is 0. The Labute approximate surface area is 150 Å². The van der Waals surface area contributed by atoms with Gasteiger partial charge in [0, 0.05) is 11.1 Å². The van der Waals surface area contributed by atoms with E-state index in [2.05, 4.69) is 10.9 Å². The lowest BCUT2D eigenvalue weighted by atomic mass is 10.1. The maximum atomic E-state index is 12.3. The van der Waals surface area contributed by atoms with Crippen LogP contribution in [-0.4, -0.2) is 11.8 Å². The largest absolute Gasteiger partial charge is 0.269 e. The molecule has 4 nitrogen and oxygen atoms in total. The average Bonchev–Trinajstić information content (AvgIpc) is 2.71. The maximum Gasteiger partial charge on any atom is 0.269 e. The number of amides is 2. The van der Waals surface area contributed by atoms with Crippen LogP contribution in [0.25, 0.3) is 21.5 Å². The summed E-state index contributed by atoms with van der Waals surface area (Å²) >= 11 is 0. The van der Waals surface area contributed by atoms with Crippen LogP contribution in [0.1, 0.15) is 20.7 Å². The number of hydrogen-bond acceptors (Lipinski definition) is 2. The number of benzene rings is 4. The van der Waals surface area contributed by atoms with E-state index in [1.807, 2.05) is 60.7 Å². The van der Waals surface area contributed by atoms with Crippen LogP contribution in [-0.2, 0) is 0 Å². The number of nitrogens with one attached hydrogen (secondary N) is 2. The topological polar surface area (TPSA) is 58.2 Å². The van der Waals surface area contributed by atoms with Crippen molar-refractivity contribution in [2.24, 2.45) is 0 Å². The average molecular weight is 340 g/mol. The Morgan fingerprint density at radius 2 is 0.885 bits per heavy atom. The summed E-state index contributed by atoms with van der Waals surface area (Å²) in [4.78, 5) is 24.6. The Morgan fingerprint density at radius 1 is 0.500 bits per heavy atom. The minimum absolute atomic E-state index is 0.357. The summed E-state index contributed by atoms with van der Waals surface area (Å²) in [6.45, 7) is 0. The van der Waals surface area contributed by atoms with Crippen molar-refractivity contribution in [3.63, 3.8) is 0 Å². The molecule has 0 aromatic heterocycles. The normalized spacial score (nSPS) is 10.6. The molecule has 4 aromatic carbocycles. The molecule has 4 heteroatoms. The number of carbonyl (C=O) groups excluding carboxylic acids is 2. The first kappa shape index (κ1) is 15.8. The van der Waals surface area contributed by atoms with E-state index in [-0.39, 0.29) is 11.8 Å². The Kier molecular flexibility index (Phi) is 4.07. The SMILES string of the molecule is O=C(NNC(=O)c1ccc2ccccc2c1)c1ccc2ccccc2c1. The van der Waals surface area contributed by atoms with Gasteiger partial charge >= 0.3 is 0 Å². The first-order valence-corrected chi connectivity index (χ1v) is 8.29. The van der Waals surface area contributed by atoms with Crippen molar-refractivity contribution in [3.8, 4) is 0 Å². The molecule has 0 unspecified atom stereocenters. The predicted octanol–water partition coefficient (Wildman–Crippen LogP) is 4.07. The lowest BCUT2D eigenvalue weighted by Gasteiger charge is -2.09. The van der Waals surface area contributed by atoms with Crippen molar-refractivity contribution in [2.45, 2.75) is 0 Å². The molecule has 0 aliphatic heterocycles. The van der Waals surface area contributed by atoms with E-state index in [1.54, 1.807) is 24.3 Å². The molecule has 0 spiro atoms. The first-order chi connectivity index (χ1) is 12.7. The number of hydrazine groups is 1. The van der Waals surface area contributed by atoms with E-state index < -0.39 is 0 Å². The molecule has 0 radical (unpaired) electrons. The summed E-state index contributed by atoms with van der Waals surface area (Å²) in [5.74, 6) is -0.713. The summed E-state index contributed by atoms with van der Waals surface area (Å²) in [5, 5.41) is 4.07. The Hall–Kier alpha value is -3.66. The van der Waals surface area contributed by atoms with Gasteiger partial charge in [-0.25, -0.2) is 0 Å². The molecule has 4 aromatic rings. The molecular formula is C22H16N2O2. The monoisotopic (exact) mass is 340 g/mol. The lowest BCUT2D eigenvalue weighted by Crippen LogP contribution is -2.41. The maximum absolute atomic E-state index is 12.3. The van der Waals surface area contributed by atoms with E-state index >= 15 is 0 Å². The standard InChI is InChI=1S/C22H16N2O2/c25-21(19-11-9-15-5-1-3-7-17(15)13-19)23-24-22(26)20-12-10-16-6-2-4-8-18(16)14-20/h1-14H,(H,23,25)(H,24,26). The van der Waals surface area contributed by atoms with Crippen molar-refractivity contribution >= 4 is 33.4 Å². The van der Waals surface area contributed by atoms with Crippen LogP contribution in [0.15, 0.2) is 84.9 Å². The fourth-order valence-electron chi connectivity index (χ4n) is 2.92. The second-order valence-corrected chi connectivity index (χ2v) is 6.03. The van der Waals surface area contributed by atoms with Gasteiger partial charge in [0.1, 0.15) is 0 Å². The summed E-state index contributed by atoms with van der Waals surface area (Å²) in [7, 11) is 0. The van der Waals surface area contributed by atoms with Crippen LogP contribution in [0.2, 0.25) is 0 Å². The van der Waals surface area contributed by atoms with E-state index in [4.69, 9.17) is 0 Å². The predicted molar refractivity (Wildman–Crippen MR) is 103 cm³/mol. The van der Waals surface area contributed by atoms with Crippen molar-refractivity contribution in [1.82, 2.24) is 10.9 Å². The van der Waals surface area contributed by atoms with E-state index in [0.29, 0.717) is 11.1 Å². The zero-order valence-corrected chi connectivity index (χ0v) is 13.9. The second-order valence-electron chi connectivity index (χ2n) is 6.03. The Balaban J connectivity index is 1.47. The number of fused-ring (bicyclic) bond motifs is 2. The third-order valence-corrected chi connectivity index (χ3v) is 4.31. The third kappa shape index (κ3) is 3.13. The number of rotatable bonds is 2. The van der Waals surface area contributed by atoms with Crippen molar-refractivity contribution < 1.29 is 9.59 Å². The van der Waals surface area contributed by atoms with E-state index in [9.17, 15) is 9.59 Å². The van der Waals surface area contributed by atoms with Gasteiger partial charge in [0.25, 0.3) is 11.8 Å². The molecule has 126 valence electrons. The molecule has 2 amide bonds. The molecule has 0 aliphatic rings. The van der Waals surface area contributed by atoms with Crippen molar-refractivity contribution in [3.05, 3.63) is 96.1 Å². The van der Waals surface area contributed by atoms with Crippen LogP contribution >= 0.6 is 0 Å². The highest BCUT2D eigenvalue weighted by Crippen LogP contribution is 2.16. The van der Waals surface area contributed by atoms with Crippen molar-refractivity contribution in [1.29, 1.82) is 0 Å². The fraction of sp³-hybridized carbons (Fsp3) is 0. The van der Waals surface area contributed by atoms with Crippen LogP contribution in [0.5, 0.6) is 0 Å². The van der Waals surface area contributed by atoms with Gasteiger partial charge in [-0.15, -0.1) is 0 Å². The van der Waals surface area contributed by atoms with Gasteiger partial charge < -0.3 is 0 Å². The molecule has 0 fully saturated rings. The fourth-order valence-corrected chi connectivity index (χ4v) is 2.92. The smallest absolute Gasteiger partial charge is 0.267 e. The highest BCUT2D eigenvalue weighted by Gasteiger charge is 2.10. The molecule has 0 bridgehead atoms. The van der Waals surface area contributed by atoms with Gasteiger partial charge in [-0.1, -0.05) is 60.7 Å². The minimum Gasteiger partial charge on any atom is -0.267 e. The quantitative estimate of drug-likeness (QED) is 0.541. The summed E-state index contributed by atoms with van der Waals surface area (Å²) in [6, 6.07) is 26.4. The van der Waals surface area contributed by atoms with E-state index in [0.717, 1.165) is 21.5 Å². The van der Waals surface area contributed by atoms with Crippen LogP contribution in [0, 0.1) is 0 Å². The summed E-state index contributed by atoms with van der Waals surface area (Å²) < 4.78 is 0. The van der Waals surface area contributed by atoms with E-state index in [1.165, 1.54) is 0 Å². The zero-order chi connectivity index (χ0) is 17.9. The zero-order valence-electron chi connectivity index (χ0n) is 13.9. The highest BCUT2D eigenvalue weighted by atomic mass is 16.2. The molecule has 26 heavy (non-hydrogen) atoms. The molecule has 0 atom stereocenters. The minimum atomic E-state index is -0.357. The van der Waals surface area contributed by atoms with Gasteiger partial charge in [-0.05, 0) is 45.8 Å². The third-order valence-electron chi connectivity index (χ3n) is 4.31. The number of hydrogen-bond donors (Lipinski definition) is 2. The van der Waals surface area contributed by atoms with Crippen LogP contribution in [0.4, 0.5) is 0 Å². The molecule has 0 heterocycles. The van der Waals surface area contributed by atoms with Gasteiger partial charge in [0.2, 0.25) is 0 Å². The second kappa shape index (κ2) is 6.69. The van der Waals surface area contributed by atoms with Gasteiger partial charge in [0.05, 0.1) is 0 Å². The number of carbonyl (C=O) groups is 2. The Morgan fingerprint density at radius 3 is 1.31 bits per heavy atom. The van der Waals surface area contributed by atoms with Gasteiger partial charge in [0.15, 0.2) is 0 Å². The molecule has 0 saturated carbocycles. The molecule has 0 aliphatic carbocycles. The van der Waals surface area contributed by atoms with Gasteiger partial charge in [-0.3, -0.25) is 20.4 Å². The molecule has 4 rings (SSSR count). The van der Waals surface area contributed by atoms with Gasteiger partial charge in [-0.2, -0.15) is 0 Å². The molecule has 2 N–H and O–H groups in total. The highest BCUT2D eigenvalue weighted by molar-refractivity contribution is 6.02. The molecular weight excluding hydrogens is 324 g/mol. The van der Waals surface area contributed by atoms with Crippen LogP contribution < -0.4 is 10.9 Å². The summed E-state index contributed by atoms with van der Waals surface area (Å²) in [5.41, 5.74) is 5.92. The molecule has 0 saturated heterocycles. The van der Waals surface area contributed by atoms with Crippen molar-refractivity contribution in [2.75, 3.05) is 0 Å². The Bertz CT molecular complexity index is 1040. The van der Waals surface area contributed by atoms with Crippen LogP contribution in [0.3, 0.4) is 0 Å².